The fourth-order valence-electron chi connectivity index (χ4n) is 4.01. The molecule has 9 heteroatoms. The molecular weight excluding hydrogens is 442 g/mol. The SMILES string of the molecule is Cc1cccc(Oc2ccc(NC(=O)[C@@H]3CCCN(S(=O)(=O)c4c(C)noc4C)C3)cc2)c1. The average Bonchev–Trinajstić information content (AvgIpc) is 3.14. The summed E-state index contributed by atoms with van der Waals surface area (Å²) in [7, 11) is -3.78. The van der Waals surface area contributed by atoms with E-state index in [1.54, 1.807) is 38.1 Å². The molecule has 1 aliphatic rings. The number of aromatic nitrogens is 1. The number of ether oxygens (including phenoxy) is 1. The molecule has 1 saturated heterocycles. The van der Waals surface area contributed by atoms with Crippen molar-refractivity contribution < 1.29 is 22.5 Å². The van der Waals surface area contributed by atoms with E-state index < -0.39 is 15.9 Å². The number of carbonyl (C=O) groups excluding carboxylic acids is 1. The number of anilines is 1. The summed E-state index contributed by atoms with van der Waals surface area (Å²) in [5, 5.41) is 6.65. The molecular formula is C24H27N3O5S. The zero-order chi connectivity index (χ0) is 23.6. The van der Waals surface area contributed by atoms with Crippen LogP contribution >= 0.6 is 0 Å². The van der Waals surface area contributed by atoms with Gasteiger partial charge in [0.25, 0.3) is 0 Å². The first-order valence-electron chi connectivity index (χ1n) is 10.8. The van der Waals surface area contributed by atoms with Crippen LogP contribution in [-0.4, -0.2) is 36.9 Å². The van der Waals surface area contributed by atoms with Gasteiger partial charge in [-0.05, 0) is 75.6 Å². The second-order valence-electron chi connectivity index (χ2n) is 8.29. The number of rotatable bonds is 6. The average molecular weight is 470 g/mol. The van der Waals surface area contributed by atoms with E-state index >= 15 is 0 Å². The number of carbonyl (C=O) groups is 1. The number of hydrogen-bond donors (Lipinski definition) is 1. The van der Waals surface area contributed by atoms with E-state index in [4.69, 9.17) is 9.26 Å². The fourth-order valence-corrected chi connectivity index (χ4v) is 5.83. The maximum Gasteiger partial charge on any atom is 0.248 e. The highest BCUT2D eigenvalue weighted by Crippen LogP contribution is 2.29. The minimum Gasteiger partial charge on any atom is -0.457 e. The Hall–Kier alpha value is -3.17. The number of hydrogen-bond acceptors (Lipinski definition) is 6. The van der Waals surface area contributed by atoms with E-state index in [1.165, 1.54) is 4.31 Å². The second-order valence-corrected chi connectivity index (χ2v) is 10.2. The Labute approximate surface area is 193 Å². The minimum absolute atomic E-state index is 0.0905. The van der Waals surface area contributed by atoms with Gasteiger partial charge >= 0.3 is 0 Å². The molecule has 0 unspecified atom stereocenters. The maximum atomic E-state index is 13.1. The van der Waals surface area contributed by atoms with E-state index in [0.717, 1.165) is 11.3 Å². The van der Waals surface area contributed by atoms with Crippen molar-refractivity contribution in [3.63, 3.8) is 0 Å². The summed E-state index contributed by atoms with van der Waals surface area (Å²) in [5.41, 5.74) is 2.06. The van der Waals surface area contributed by atoms with Crippen LogP contribution in [0.4, 0.5) is 5.69 Å². The smallest absolute Gasteiger partial charge is 0.248 e. The zero-order valence-electron chi connectivity index (χ0n) is 18.9. The summed E-state index contributed by atoms with van der Waals surface area (Å²) in [6, 6.07) is 14.9. The molecule has 3 aromatic rings. The summed E-state index contributed by atoms with van der Waals surface area (Å²) in [4.78, 5) is 13.0. The molecule has 1 aliphatic heterocycles. The number of benzene rings is 2. The van der Waals surface area contributed by atoms with Crippen molar-refractivity contribution in [1.82, 2.24) is 9.46 Å². The molecule has 8 nitrogen and oxygen atoms in total. The Balaban J connectivity index is 1.40. The molecule has 1 amide bonds. The van der Waals surface area contributed by atoms with Gasteiger partial charge in [0.05, 0.1) is 5.92 Å². The number of aryl methyl sites for hydroxylation is 3. The highest BCUT2D eigenvalue weighted by Gasteiger charge is 2.36. The van der Waals surface area contributed by atoms with Crippen LogP contribution in [0.25, 0.3) is 0 Å². The Kier molecular flexibility index (Phi) is 6.53. The Morgan fingerprint density at radius 2 is 1.88 bits per heavy atom. The van der Waals surface area contributed by atoms with Gasteiger partial charge in [-0.1, -0.05) is 17.3 Å². The van der Waals surface area contributed by atoms with Crippen molar-refractivity contribution in [3.8, 4) is 11.5 Å². The lowest BCUT2D eigenvalue weighted by Crippen LogP contribution is -2.43. The molecule has 1 atom stereocenters. The Bertz CT molecular complexity index is 1230. The predicted molar refractivity (Wildman–Crippen MR) is 124 cm³/mol. The minimum atomic E-state index is -3.78. The van der Waals surface area contributed by atoms with E-state index in [9.17, 15) is 13.2 Å². The lowest BCUT2D eigenvalue weighted by Gasteiger charge is -2.31. The molecule has 0 aliphatic carbocycles. The van der Waals surface area contributed by atoms with Crippen molar-refractivity contribution in [2.45, 2.75) is 38.5 Å². The molecule has 1 aromatic heterocycles. The van der Waals surface area contributed by atoms with Crippen LogP contribution < -0.4 is 10.1 Å². The van der Waals surface area contributed by atoms with Gasteiger partial charge in [0.2, 0.25) is 15.9 Å². The topological polar surface area (TPSA) is 102 Å². The molecule has 0 spiro atoms. The van der Waals surface area contributed by atoms with Crippen LogP contribution in [0.5, 0.6) is 11.5 Å². The first-order chi connectivity index (χ1) is 15.7. The molecule has 2 aromatic carbocycles. The summed E-state index contributed by atoms with van der Waals surface area (Å²) in [5.74, 6) is 1.01. The van der Waals surface area contributed by atoms with Gasteiger partial charge in [-0.25, -0.2) is 8.42 Å². The molecule has 0 radical (unpaired) electrons. The Morgan fingerprint density at radius 1 is 1.12 bits per heavy atom. The van der Waals surface area contributed by atoms with E-state index in [-0.39, 0.29) is 23.1 Å². The third kappa shape index (κ3) is 5.09. The van der Waals surface area contributed by atoms with Crippen molar-refractivity contribution in [2.75, 3.05) is 18.4 Å². The van der Waals surface area contributed by atoms with Crippen LogP contribution in [0.1, 0.15) is 29.9 Å². The first-order valence-corrected chi connectivity index (χ1v) is 12.3. The third-order valence-electron chi connectivity index (χ3n) is 5.67. The van der Waals surface area contributed by atoms with Gasteiger partial charge in [-0.2, -0.15) is 4.31 Å². The molecule has 2 heterocycles. The molecule has 33 heavy (non-hydrogen) atoms. The fraction of sp³-hybridized carbons (Fsp3) is 0.333. The standard InChI is InChI=1S/C24H27N3O5S/c1-16-6-4-8-22(14-16)31-21-11-9-20(10-12-21)25-24(28)19-7-5-13-27(15-19)33(29,30)23-17(2)26-32-18(23)3/h4,6,8-12,14,19H,5,7,13,15H2,1-3H3,(H,25,28)/t19-/m1/s1. The van der Waals surface area contributed by atoms with E-state index in [0.29, 0.717) is 36.5 Å². The highest BCUT2D eigenvalue weighted by atomic mass is 32.2. The van der Waals surface area contributed by atoms with Crippen molar-refractivity contribution >= 4 is 21.6 Å². The van der Waals surface area contributed by atoms with Gasteiger partial charge in [0.15, 0.2) is 5.76 Å². The van der Waals surface area contributed by atoms with Gasteiger partial charge in [-0.3, -0.25) is 4.79 Å². The summed E-state index contributed by atoms with van der Waals surface area (Å²) >= 11 is 0. The molecule has 174 valence electrons. The summed E-state index contributed by atoms with van der Waals surface area (Å²) in [6.07, 6.45) is 1.22. The quantitative estimate of drug-likeness (QED) is 0.573. The predicted octanol–water partition coefficient (Wildman–Crippen LogP) is 4.43. The van der Waals surface area contributed by atoms with Gasteiger partial charge < -0.3 is 14.6 Å². The monoisotopic (exact) mass is 469 g/mol. The molecule has 0 bridgehead atoms. The van der Waals surface area contributed by atoms with Crippen LogP contribution in [-0.2, 0) is 14.8 Å². The van der Waals surface area contributed by atoms with Crippen LogP contribution in [0.2, 0.25) is 0 Å². The molecule has 4 rings (SSSR count). The molecule has 1 N–H and O–H groups in total. The van der Waals surface area contributed by atoms with Crippen molar-refractivity contribution in [3.05, 3.63) is 65.5 Å². The van der Waals surface area contributed by atoms with E-state index in [1.807, 2.05) is 31.2 Å². The number of sulfonamides is 1. The van der Waals surface area contributed by atoms with Crippen LogP contribution in [0.15, 0.2) is 57.9 Å². The summed E-state index contributed by atoms with van der Waals surface area (Å²) < 4.78 is 38.4. The second kappa shape index (κ2) is 9.36. The van der Waals surface area contributed by atoms with Crippen LogP contribution in [0.3, 0.4) is 0 Å². The van der Waals surface area contributed by atoms with Gasteiger partial charge in [0.1, 0.15) is 22.1 Å². The van der Waals surface area contributed by atoms with Crippen LogP contribution in [0, 0.1) is 26.7 Å². The van der Waals surface area contributed by atoms with E-state index in [2.05, 4.69) is 10.5 Å². The maximum absolute atomic E-state index is 13.1. The van der Waals surface area contributed by atoms with Crippen molar-refractivity contribution in [2.24, 2.45) is 5.92 Å². The van der Waals surface area contributed by atoms with Crippen molar-refractivity contribution in [1.29, 1.82) is 0 Å². The number of nitrogens with one attached hydrogen (secondary N) is 1. The highest BCUT2D eigenvalue weighted by molar-refractivity contribution is 7.89. The lowest BCUT2D eigenvalue weighted by atomic mass is 9.99. The number of piperidine rings is 1. The largest absolute Gasteiger partial charge is 0.457 e. The normalized spacial score (nSPS) is 17.0. The lowest BCUT2D eigenvalue weighted by molar-refractivity contribution is -0.120. The molecule has 1 fully saturated rings. The number of nitrogens with zero attached hydrogens (tertiary/aromatic N) is 2. The first kappa shape index (κ1) is 23.0. The zero-order valence-corrected chi connectivity index (χ0v) is 19.7. The molecule has 0 saturated carbocycles. The summed E-state index contributed by atoms with van der Waals surface area (Å²) in [6.45, 7) is 5.66. The van der Waals surface area contributed by atoms with Gasteiger partial charge in [0, 0.05) is 18.8 Å². The van der Waals surface area contributed by atoms with Gasteiger partial charge in [-0.15, -0.1) is 0 Å². The Morgan fingerprint density at radius 3 is 2.55 bits per heavy atom. The third-order valence-corrected chi connectivity index (χ3v) is 7.78. The number of amides is 1.